The molecule has 1 rings (SSSR count). The van der Waals surface area contributed by atoms with E-state index in [0.29, 0.717) is 18.1 Å². The van der Waals surface area contributed by atoms with E-state index in [-0.39, 0.29) is 42.9 Å². The molecule has 0 unspecified atom stereocenters. The Hall–Kier alpha value is -1.08. The fourth-order valence-corrected chi connectivity index (χ4v) is 3.04. The van der Waals surface area contributed by atoms with Gasteiger partial charge in [-0.1, -0.05) is 24.3 Å². The van der Waals surface area contributed by atoms with Gasteiger partial charge in [0.2, 0.25) is 0 Å². The first-order valence-corrected chi connectivity index (χ1v) is 10.4. The maximum Gasteiger partial charge on any atom is 0.411 e. The van der Waals surface area contributed by atoms with Gasteiger partial charge in [0.05, 0.1) is 17.1 Å². The highest BCUT2D eigenvalue weighted by atomic mass is 127. The Morgan fingerprint density at radius 1 is 1.07 bits per heavy atom. The Kier molecular flexibility index (Phi) is 11.5. The molecule has 0 aromatic heterocycles. The highest BCUT2D eigenvalue weighted by Crippen LogP contribution is 2.16. The number of rotatable bonds is 8. The second-order valence-electron chi connectivity index (χ2n) is 7.21. The summed E-state index contributed by atoms with van der Waals surface area (Å²) in [5, 5.41) is 6.01. The van der Waals surface area contributed by atoms with Gasteiger partial charge < -0.3 is 15.4 Å². The summed E-state index contributed by atoms with van der Waals surface area (Å²) >= 11 is 0. The van der Waals surface area contributed by atoms with Crippen molar-refractivity contribution in [3.05, 3.63) is 35.4 Å². The molecule has 2 N–H and O–H groups in total. The van der Waals surface area contributed by atoms with Crippen LogP contribution in [-0.4, -0.2) is 51.3 Å². The molecule has 0 spiro atoms. The summed E-state index contributed by atoms with van der Waals surface area (Å²) in [4.78, 5) is 4.04. The first-order chi connectivity index (χ1) is 12.8. The lowest BCUT2D eigenvalue weighted by Gasteiger charge is -2.19. The minimum atomic E-state index is -4.33. The molecule has 0 bridgehead atoms. The number of nitrogens with one attached hydrogen (secondary N) is 2. The van der Waals surface area contributed by atoms with Crippen LogP contribution in [0, 0.1) is 0 Å². The van der Waals surface area contributed by atoms with E-state index in [2.05, 4.69) is 20.4 Å². The van der Waals surface area contributed by atoms with E-state index in [1.807, 2.05) is 0 Å². The second kappa shape index (κ2) is 11.9. The Morgan fingerprint density at radius 3 is 2.10 bits per heavy atom. The molecule has 0 heterocycles. The number of sulfone groups is 1. The molecule has 0 aliphatic heterocycles. The van der Waals surface area contributed by atoms with Crippen LogP contribution in [0.5, 0.6) is 0 Å². The molecule has 0 aliphatic carbocycles. The van der Waals surface area contributed by atoms with Crippen LogP contribution in [0.1, 0.15) is 31.9 Å². The first kappa shape index (κ1) is 27.9. The van der Waals surface area contributed by atoms with Crippen LogP contribution in [-0.2, 0) is 27.7 Å². The van der Waals surface area contributed by atoms with Crippen LogP contribution in [0.25, 0.3) is 0 Å². The molecule has 0 amide bonds. The Labute approximate surface area is 187 Å². The van der Waals surface area contributed by atoms with Gasteiger partial charge in [0.15, 0.2) is 15.8 Å². The van der Waals surface area contributed by atoms with Crippen LogP contribution in [0.4, 0.5) is 13.2 Å². The number of hydrogen-bond acceptors (Lipinski definition) is 4. The molecule has 0 saturated carbocycles. The molecule has 0 aliphatic rings. The summed E-state index contributed by atoms with van der Waals surface area (Å²) in [6.45, 7) is 4.25. The number of ether oxygens (including phenoxy) is 1. The monoisotopic (exact) mass is 551 g/mol. The molecule has 0 atom stereocenters. The number of aliphatic imine (C=N–C) groups is 1. The van der Waals surface area contributed by atoms with Gasteiger partial charge in [0, 0.05) is 20.1 Å². The maximum atomic E-state index is 12.1. The predicted octanol–water partition coefficient (Wildman–Crippen LogP) is 3.26. The van der Waals surface area contributed by atoms with Crippen molar-refractivity contribution in [2.45, 2.75) is 44.8 Å². The molecule has 0 fully saturated rings. The van der Waals surface area contributed by atoms with Crippen molar-refractivity contribution < 1.29 is 26.3 Å². The van der Waals surface area contributed by atoms with Crippen LogP contribution >= 0.6 is 24.0 Å². The number of benzene rings is 1. The van der Waals surface area contributed by atoms with Gasteiger partial charge in [-0.2, -0.15) is 13.2 Å². The minimum Gasteiger partial charge on any atom is -0.367 e. The van der Waals surface area contributed by atoms with Gasteiger partial charge in [-0.05, 0) is 31.9 Å². The molecule has 168 valence electrons. The Bertz CT molecular complexity index is 746. The molecule has 0 radical (unpaired) electrons. The fraction of sp³-hybridized carbons (Fsp3) is 0.611. The summed E-state index contributed by atoms with van der Waals surface area (Å²) in [6.07, 6.45) is -4.33. The quantitative estimate of drug-likeness (QED) is 0.295. The van der Waals surface area contributed by atoms with Gasteiger partial charge in [0.1, 0.15) is 6.61 Å². The van der Waals surface area contributed by atoms with Crippen molar-refractivity contribution >= 4 is 39.8 Å². The van der Waals surface area contributed by atoms with E-state index < -0.39 is 27.4 Å². The summed E-state index contributed by atoms with van der Waals surface area (Å²) < 4.78 is 64.2. The first-order valence-electron chi connectivity index (χ1n) is 8.73. The predicted molar refractivity (Wildman–Crippen MR) is 119 cm³/mol. The third kappa shape index (κ3) is 11.0. The molecule has 11 heteroatoms. The second-order valence-corrected chi connectivity index (χ2v) is 10.1. The third-order valence-corrected chi connectivity index (χ3v) is 6.44. The average molecular weight is 551 g/mol. The average Bonchev–Trinajstić information content (AvgIpc) is 2.57. The third-order valence-electron chi connectivity index (χ3n) is 3.84. The van der Waals surface area contributed by atoms with Gasteiger partial charge >= 0.3 is 6.18 Å². The van der Waals surface area contributed by atoms with Gasteiger partial charge in [-0.15, -0.1) is 24.0 Å². The standard InChI is InChI=1S/C18H28F3N3O3S.HI/c1-17(2,3)28(25,26)10-9-23-16(22-4)24-11-14-5-7-15(8-6-14)12-27-13-18(19,20)21;/h5-8H,9-13H2,1-4H3,(H2,22,23,24);1H. The van der Waals surface area contributed by atoms with E-state index in [1.54, 1.807) is 52.1 Å². The summed E-state index contributed by atoms with van der Waals surface area (Å²) in [7, 11) is -1.64. The van der Waals surface area contributed by atoms with Gasteiger partial charge in [-0.3, -0.25) is 4.99 Å². The smallest absolute Gasteiger partial charge is 0.367 e. The summed E-state index contributed by atoms with van der Waals surface area (Å²) in [6, 6.07) is 6.94. The molecule has 6 nitrogen and oxygen atoms in total. The molecule has 1 aromatic carbocycles. The van der Waals surface area contributed by atoms with Crippen molar-refractivity contribution in [2.24, 2.45) is 4.99 Å². The number of nitrogens with zero attached hydrogens (tertiary/aromatic N) is 1. The maximum absolute atomic E-state index is 12.1. The molecule has 1 aromatic rings. The van der Waals surface area contributed by atoms with Crippen molar-refractivity contribution in [1.29, 1.82) is 0 Å². The highest BCUT2D eigenvalue weighted by molar-refractivity contribution is 14.0. The van der Waals surface area contributed by atoms with Crippen LogP contribution in [0.15, 0.2) is 29.3 Å². The fourth-order valence-electron chi connectivity index (χ4n) is 2.05. The van der Waals surface area contributed by atoms with E-state index in [0.717, 1.165) is 5.56 Å². The number of guanidine groups is 1. The van der Waals surface area contributed by atoms with E-state index in [9.17, 15) is 21.6 Å². The molecular weight excluding hydrogens is 522 g/mol. The zero-order valence-corrected chi connectivity index (χ0v) is 20.1. The van der Waals surface area contributed by atoms with Crippen LogP contribution < -0.4 is 10.6 Å². The van der Waals surface area contributed by atoms with Crippen molar-refractivity contribution in [3.8, 4) is 0 Å². The summed E-state index contributed by atoms with van der Waals surface area (Å²) in [5.74, 6) is 0.450. The molecule has 0 saturated heterocycles. The van der Waals surface area contributed by atoms with Gasteiger partial charge in [-0.25, -0.2) is 8.42 Å². The topological polar surface area (TPSA) is 79.8 Å². The summed E-state index contributed by atoms with van der Waals surface area (Å²) in [5.41, 5.74) is 1.53. The zero-order chi connectivity index (χ0) is 21.4. The van der Waals surface area contributed by atoms with E-state index in [4.69, 9.17) is 0 Å². The lowest BCUT2D eigenvalue weighted by atomic mass is 10.1. The van der Waals surface area contributed by atoms with E-state index >= 15 is 0 Å². The highest BCUT2D eigenvalue weighted by Gasteiger charge is 2.28. The van der Waals surface area contributed by atoms with Crippen molar-refractivity contribution in [1.82, 2.24) is 10.6 Å². The Balaban J connectivity index is 0.00000784. The van der Waals surface area contributed by atoms with Gasteiger partial charge in [0.25, 0.3) is 0 Å². The molecular formula is C18H29F3IN3O3S. The number of hydrogen-bond donors (Lipinski definition) is 2. The largest absolute Gasteiger partial charge is 0.411 e. The Morgan fingerprint density at radius 2 is 1.62 bits per heavy atom. The van der Waals surface area contributed by atoms with Crippen molar-refractivity contribution in [3.63, 3.8) is 0 Å². The van der Waals surface area contributed by atoms with E-state index in [1.165, 1.54) is 0 Å². The normalized spacial score (nSPS) is 13.0. The molecule has 29 heavy (non-hydrogen) atoms. The zero-order valence-electron chi connectivity index (χ0n) is 17.0. The lowest BCUT2D eigenvalue weighted by molar-refractivity contribution is -0.176. The number of halogens is 4. The van der Waals surface area contributed by atoms with Crippen LogP contribution in [0.2, 0.25) is 0 Å². The lowest BCUT2D eigenvalue weighted by Crippen LogP contribution is -2.41. The SMILES string of the molecule is CN=C(NCCS(=O)(=O)C(C)(C)C)NCc1ccc(COCC(F)(F)F)cc1.I. The number of alkyl halides is 3. The minimum absolute atomic E-state index is 0. The van der Waals surface area contributed by atoms with Crippen LogP contribution in [0.3, 0.4) is 0 Å². The van der Waals surface area contributed by atoms with Crippen molar-refractivity contribution in [2.75, 3.05) is 26.0 Å².